The number of hydrogen-bond acceptors (Lipinski definition) is 4. The van der Waals surface area contributed by atoms with Gasteiger partial charge >= 0.3 is 0 Å². The summed E-state index contributed by atoms with van der Waals surface area (Å²) < 4.78 is 13.5. The highest BCUT2D eigenvalue weighted by atomic mass is 19.1. The minimum Gasteiger partial charge on any atom is -0.334 e. The highest BCUT2D eigenvalue weighted by Crippen LogP contribution is 2.16. The van der Waals surface area contributed by atoms with Gasteiger partial charge in [-0.05, 0) is 61.0 Å². The van der Waals surface area contributed by atoms with E-state index in [2.05, 4.69) is 10.3 Å². The van der Waals surface area contributed by atoms with Gasteiger partial charge in [-0.3, -0.25) is 14.6 Å². The summed E-state index contributed by atoms with van der Waals surface area (Å²) in [6, 6.07) is 16.2. The first kappa shape index (κ1) is 21.1. The Morgan fingerprint density at radius 2 is 1.77 bits per heavy atom. The normalized spacial score (nSPS) is 10.5. The Labute approximate surface area is 174 Å². The van der Waals surface area contributed by atoms with Crippen LogP contribution >= 0.6 is 0 Å². The average molecular weight is 406 g/mol. The molecule has 0 saturated carbocycles. The molecule has 0 aliphatic rings. The van der Waals surface area contributed by atoms with Gasteiger partial charge < -0.3 is 16.0 Å². The van der Waals surface area contributed by atoms with Crippen LogP contribution in [0.15, 0.2) is 73.1 Å². The number of nitrogens with zero attached hydrogens (tertiary/aromatic N) is 2. The van der Waals surface area contributed by atoms with Crippen LogP contribution in [-0.2, 0) is 6.54 Å². The number of carbonyl (C=O) groups is 2. The molecule has 0 aliphatic carbocycles. The van der Waals surface area contributed by atoms with Crippen molar-refractivity contribution in [3.8, 4) is 0 Å². The van der Waals surface area contributed by atoms with Crippen molar-refractivity contribution in [1.29, 1.82) is 0 Å². The lowest BCUT2D eigenvalue weighted by Crippen LogP contribution is -2.32. The fourth-order valence-electron chi connectivity index (χ4n) is 3.01. The van der Waals surface area contributed by atoms with Crippen LogP contribution in [0.3, 0.4) is 0 Å². The van der Waals surface area contributed by atoms with Crippen LogP contribution in [0.5, 0.6) is 0 Å². The van der Waals surface area contributed by atoms with E-state index < -0.39 is 5.82 Å². The molecule has 3 aromatic rings. The van der Waals surface area contributed by atoms with Crippen molar-refractivity contribution in [2.45, 2.75) is 13.0 Å². The summed E-state index contributed by atoms with van der Waals surface area (Å²) >= 11 is 0. The van der Waals surface area contributed by atoms with Crippen LogP contribution in [0.25, 0.3) is 0 Å². The number of rotatable bonds is 8. The molecule has 30 heavy (non-hydrogen) atoms. The molecule has 1 heterocycles. The van der Waals surface area contributed by atoms with Gasteiger partial charge in [0.1, 0.15) is 5.82 Å². The number of hydrogen-bond donors (Lipinski definition) is 2. The summed E-state index contributed by atoms with van der Waals surface area (Å²) in [6.07, 6.45) is 3.73. The zero-order valence-corrected chi connectivity index (χ0v) is 16.4. The smallest absolute Gasteiger partial charge is 0.255 e. The van der Waals surface area contributed by atoms with E-state index >= 15 is 0 Å². The van der Waals surface area contributed by atoms with E-state index in [1.807, 2.05) is 18.2 Å². The molecule has 0 aliphatic heterocycles. The first-order valence-electron chi connectivity index (χ1n) is 9.62. The number of halogens is 1. The van der Waals surface area contributed by atoms with Crippen molar-refractivity contribution < 1.29 is 14.0 Å². The van der Waals surface area contributed by atoms with Gasteiger partial charge in [-0.2, -0.15) is 0 Å². The van der Waals surface area contributed by atoms with Gasteiger partial charge in [0.25, 0.3) is 11.8 Å². The number of aromatic nitrogens is 1. The molecule has 0 bridgehead atoms. The molecule has 0 radical (unpaired) electrons. The van der Waals surface area contributed by atoms with Crippen LogP contribution < -0.4 is 11.1 Å². The van der Waals surface area contributed by atoms with Crippen molar-refractivity contribution >= 4 is 17.5 Å². The third kappa shape index (κ3) is 5.71. The molecule has 6 nitrogen and oxygen atoms in total. The highest BCUT2D eigenvalue weighted by Gasteiger charge is 2.17. The number of pyridine rings is 1. The lowest BCUT2D eigenvalue weighted by molar-refractivity contribution is 0.0741. The third-order valence-corrected chi connectivity index (χ3v) is 4.49. The van der Waals surface area contributed by atoms with Gasteiger partial charge in [0, 0.05) is 42.3 Å². The highest BCUT2D eigenvalue weighted by molar-refractivity contribution is 6.04. The second-order valence-electron chi connectivity index (χ2n) is 6.77. The summed E-state index contributed by atoms with van der Waals surface area (Å²) in [6.45, 7) is 1.20. The monoisotopic (exact) mass is 406 g/mol. The Bertz CT molecular complexity index is 1010. The molecule has 1 aromatic heterocycles. The largest absolute Gasteiger partial charge is 0.334 e. The number of amides is 2. The van der Waals surface area contributed by atoms with Crippen LogP contribution in [0.2, 0.25) is 0 Å². The molecule has 0 spiro atoms. The van der Waals surface area contributed by atoms with Gasteiger partial charge in [0.15, 0.2) is 0 Å². The second kappa shape index (κ2) is 10.3. The zero-order chi connectivity index (χ0) is 21.3. The number of benzene rings is 2. The number of anilines is 1. The predicted octanol–water partition coefficient (Wildman–Crippen LogP) is 3.46. The van der Waals surface area contributed by atoms with Crippen molar-refractivity contribution in [3.63, 3.8) is 0 Å². The summed E-state index contributed by atoms with van der Waals surface area (Å²) in [5.41, 5.74) is 7.86. The maximum absolute atomic E-state index is 13.5. The number of nitrogens with one attached hydrogen (secondary N) is 1. The number of nitrogens with two attached hydrogens (primary N) is 1. The molecule has 3 rings (SSSR count). The van der Waals surface area contributed by atoms with Gasteiger partial charge in [0.2, 0.25) is 0 Å². The van der Waals surface area contributed by atoms with E-state index in [0.717, 1.165) is 5.56 Å². The van der Waals surface area contributed by atoms with Gasteiger partial charge in [-0.25, -0.2) is 4.39 Å². The maximum atomic E-state index is 13.5. The first-order valence-corrected chi connectivity index (χ1v) is 9.62. The minimum absolute atomic E-state index is 0.245. The van der Waals surface area contributed by atoms with E-state index in [9.17, 15) is 14.0 Å². The third-order valence-electron chi connectivity index (χ3n) is 4.49. The predicted molar refractivity (Wildman–Crippen MR) is 113 cm³/mol. The summed E-state index contributed by atoms with van der Waals surface area (Å²) in [4.78, 5) is 30.8. The van der Waals surface area contributed by atoms with E-state index in [4.69, 9.17) is 5.73 Å². The van der Waals surface area contributed by atoms with E-state index in [1.165, 1.54) is 18.2 Å². The standard InChI is InChI=1S/C23H23FN4O2/c24-20-6-2-5-19(15-20)23(30)28(13-3-10-25)16-17-4-1-7-21(14-17)27-22(29)18-8-11-26-12-9-18/h1-2,4-9,11-12,14-15H,3,10,13,16,25H2,(H,27,29). The van der Waals surface area contributed by atoms with E-state index in [1.54, 1.807) is 41.6 Å². The lowest BCUT2D eigenvalue weighted by Gasteiger charge is -2.23. The molecule has 0 unspecified atom stereocenters. The Morgan fingerprint density at radius 1 is 1.00 bits per heavy atom. The van der Waals surface area contributed by atoms with Crippen molar-refractivity contribution in [1.82, 2.24) is 9.88 Å². The van der Waals surface area contributed by atoms with Crippen LogP contribution in [0.1, 0.15) is 32.7 Å². The van der Waals surface area contributed by atoms with Crippen molar-refractivity contribution in [2.75, 3.05) is 18.4 Å². The summed E-state index contributed by atoms with van der Waals surface area (Å²) in [7, 11) is 0. The molecular formula is C23H23FN4O2. The molecule has 2 amide bonds. The van der Waals surface area contributed by atoms with Crippen molar-refractivity contribution in [2.24, 2.45) is 5.73 Å². The van der Waals surface area contributed by atoms with Crippen LogP contribution in [0, 0.1) is 5.82 Å². The summed E-state index contributed by atoms with van der Waals surface area (Å²) in [5.74, 6) is -0.972. The van der Waals surface area contributed by atoms with Gasteiger partial charge in [-0.15, -0.1) is 0 Å². The maximum Gasteiger partial charge on any atom is 0.255 e. The Kier molecular flexibility index (Phi) is 7.24. The molecule has 154 valence electrons. The van der Waals surface area contributed by atoms with Crippen molar-refractivity contribution in [3.05, 3.63) is 95.6 Å². The Balaban J connectivity index is 1.75. The van der Waals surface area contributed by atoms with Gasteiger partial charge in [-0.1, -0.05) is 18.2 Å². The zero-order valence-electron chi connectivity index (χ0n) is 16.4. The molecule has 7 heteroatoms. The quantitative estimate of drug-likeness (QED) is 0.600. The van der Waals surface area contributed by atoms with E-state index in [0.29, 0.717) is 37.3 Å². The SMILES string of the molecule is NCCCN(Cc1cccc(NC(=O)c2ccncc2)c1)C(=O)c1cccc(F)c1. The van der Waals surface area contributed by atoms with Crippen LogP contribution in [0.4, 0.5) is 10.1 Å². The fourth-order valence-corrected chi connectivity index (χ4v) is 3.01. The summed E-state index contributed by atoms with van der Waals surface area (Å²) in [5, 5.41) is 2.84. The minimum atomic E-state index is -0.458. The van der Waals surface area contributed by atoms with E-state index in [-0.39, 0.29) is 17.4 Å². The topological polar surface area (TPSA) is 88.3 Å². The lowest BCUT2D eigenvalue weighted by atomic mass is 10.1. The second-order valence-corrected chi connectivity index (χ2v) is 6.77. The molecule has 2 aromatic carbocycles. The van der Waals surface area contributed by atoms with Gasteiger partial charge in [0.05, 0.1) is 0 Å². The number of carbonyl (C=O) groups excluding carboxylic acids is 2. The molecule has 0 fully saturated rings. The molecule has 0 saturated heterocycles. The average Bonchev–Trinajstić information content (AvgIpc) is 2.77. The Morgan fingerprint density at radius 3 is 2.50 bits per heavy atom. The fraction of sp³-hybridized carbons (Fsp3) is 0.174. The molecular weight excluding hydrogens is 383 g/mol. The Hall–Kier alpha value is -3.58. The van der Waals surface area contributed by atoms with Crippen LogP contribution in [-0.4, -0.2) is 34.8 Å². The molecule has 3 N–H and O–H groups in total. The first-order chi connectivity index (χ1) is 14.6. The molecule has 0 atom stereocenters.